The van der Waals surface area contributed by atoms with E-state index in [1.165, 1.54) is 11.3 Å². The summed E-state index contributed by atoms with van der Waals surface area (Å²) in [6, 6.07) is 1.80. The topological polar surface area (TPSA) is 74.5 Å². The van der Waals surface area contributed by atoms with Crippen LogP contribution in [-0.2, 0) is 6.54 Å². The van der Waals surface area contributed by atoms with Crippen molar-refractivity contribution in [2.75, 3.05) is 31.5 Å². The highest BCUT2D eigenvalue weighted by Crippen LogP contribution is 2.21. The summed E-state index contributed by atoms with van der Waals surface area (Å²) in [5.41, 5.74) is 1.94. The molecular weight excluding hydrogens is 314 g/mol. The third kappa shape index (κ3) is 4.08. The molecular formula is C15H21N5O2S. The largest absolute Gasteiger partial charge is 0.364 e. The van der Waals surface area contributed by atoms with E-state index in [9.17, 15) is 4.79 Å². The first kappa shape index (κ1) is 15.9. The van der Waals surface area contributed by atoms with Gasteiger partial charge >= 0.3 is 6.03 Å². The number of carbonyl (C=O) groups is 1. The number of anilines is 1. The molecule has 8 heteroatoms. The number of nitrogens with one attached hydrogen (secondary N) is 1. The van der Waals surface area contributed by atoms with Gasteiger partial charge in [0.25, 0.3) is 0 Å². The van der Waals surface area contributed by atoms with Gasteiger partial charge in [-0.3, -0.25) is 10.2 Å². The van der Waals surface area contributed by atoms with Crippen LogP contribution in [0.15, 0.2) is 22.2 Å². The van der Waals surface area contributed by atoms with Crippen molar-refractivity contribution in [2.45, 2.75) is 26.3 Å². The molecule has 7 nitrogen and oxygen atoms in total. The summed E-state index contributed by atoms with van der Waals surface area (Å²) in [6.07, 6.45) is 1.58. The van der Waals surface area contributed by atoms with E-state index in [0.717, 1.165) is 31.0 Å². The van der Waals surface area contributed by atoms with Crippen molar-refractivity contribution in [1.82, 2.24) is 19.9 Å². The van der Waals surface area contributed by atoms with Crippen LogP contribution < -0.4 is 5.32 Å². The zero-order chi connectivity index (χ0) is 16.2. The third-order valence-electron chi connectivity index (χ3n) is 3.86. The molecule has 1 saturated heterocycles. The summed E-state index contributed by atoms with van der Waals surface area (Å²) >= 11 is 1.47. The van der Waals surface area contributed by atoms with Crippen LogP contribution >= 0.6 is 11.3 Å². The van der Waals surface area contributed by atoms with Crippen LogP contribution in [0.4, 0.5) is 9.93 Å². The molecule has 1 aliphatic heterocycles. The first-order chi connectivity index (χ1) is 11.1. The number of carbonyl (C=O) groups excluding carboxylic acids is 1. The first-order valence-corrected chi connectivity index (χ1v) is 8.63. The summed E-state index contributed by atoms with van der Waals surface area (Å²) in [5, 5.41) is 9.48. The molecule has 0 atom stereocenters. The number of hydrogen-bond acceptors (Lipinski definition) is 6. The van der Waals surface area contributed by atoms with Gasteiger partial charge in [-0.05, 0) is 5.92 Å². The molecule has 0 radical (unpaired) electrons. The molecule has 3 rings (SSSR count). The molecule has 1 aliphatic rings. The molecule has 0 aromatic carbocycles. The van der Waals surface area contributed by atoms with Gasteiger partial charge in [0.2, 0.25) is 0 Å². The minimum Gasteiger partial charge on any atom is -0.364 e. The number of thiazole rings is 1. The Morgan fingerprint density at radius 2 is 2.17 bits per heavy atom. The van der Waals surface area contributed by atoms with Crippen molar-refractivity contribution < 1.29 is 9.32 Å². The lowest BCUT2D eigenvalue weighted by molar-refractivity contribution is 0.141. The fourth-order valence-corrected chi connectivity index (χ4v) is 3.30. The maximum absolute atomic E-state index is 12.3. The second kappa shape index (κ2) is 7.10. The zero-order valence-corrected chi connectivity index (χ0v) is 14.2. The number of piperazine rings is 1. The van der Waals surface area contributed by atoms with Gasteiger partial charge in [-0.15, -0.1) is 11.3 Å². The number of urea groups is 1. The van der Waals surface area contributed by atoms with E-state index in [1.807, 2.05) is 16.3 Å². The van der Waals surface area contributed by atoms with Crippen LogP contribution in [-0.4, -0.2) is 52.2 Å². The van der Waals surface area contributed by atoms with Crippen LogP contribution in [0.1, 0.15) is 31.2 Å². The minimum absolute atomic E-state index is 0.0734. The molecule has 0 aliphatic carbocycles. The van der Waals surface area contributed by atoms with Crippen LogP contribution in [0.5, 0.6) is 0 Å². The van der Waals surface area contributed by atoms with Crippen molar-refractivity contribution >= 4 is 22.5 Å². The Kier molecular flexibility index (Phi) is 4.92. The molecule has 23 heavy (non-hydrogen) atoms. The highest BCUT2D eigenvalue weighted by Gasteiger charge is 2.22. The lowest BCUT2D eigenvalue weighted by Crippen LogP contribution is -2.49. The number of hydrogen-bond donors (Lipinski definition) is 1. The third-order valence-corrected chi connectivity index (χ3v) is 4.64. The van der Waals surface area contributed by atoms with Gasteiger partial charge in [0.1, 0.15) is 6.26 Å². The second-order valence-electron chi connectivity index (χ2n) is 5.92. The molecule has 0 saturated carbocycles. The summed E-state index contributed by atoms with van der Waals surface area (Å²) < 4.78 is 4.84. The van der Waals surface area contributed by atoms with Crippen LogP contribution in [0.25, 0.3) is 0 Å². The van der Waals surface area contributed by atoms with Crippen molar-refractivity contribution in [2.24, 2.45) is 0 Å². The molecule has 0 unspecified atom stereocenters. The number of aromatic nitrogens is 2. The molecule has 124 valence electrons. The predicted octanol–water partition coefficient (Wildman–Crippen LogP) is 2.60. The van der Waals surface area contributed by atoms with E-state index >= 15 is 0 Å². The molecule has 0 bridgehead atoms. The van der Waals surface area contributed by atoms with Gasteiger partial charge in [-0.2, -0.15) is 0 Å². The van der Waals surface area contributed by atoms with Crippen LogP contribution in [0, 0.1) is 0 Å². The Morgan fingerprint density at radius 1 is 1.39 bits per heavy atom. The fraction of sp³-hybridized carbons (Fsp3) is 0.533. The van der Waals surface area contributed by atoms with E-state index in [1.54, 1.807) is 6.26 Å². The van der Waals surface area contributed by atoms with Gasteiger partial charge < -0.3 is 9.42 Å². The van der Waals surface area contributed by atoms with Gasteiger partial charge in [0, 0.05) is 44.2 Å². The van der Waals surface area contributed by atoms with Gasteiger partial charge in [-0.1, -0.05) is 19.0 Å². The van der Waals surface area contributed by atoms with Crippen LogP contribution in [0.3, 0.4) is 0 Å². The Bertz CT molecular complexity index is 632. The summed E-state index contributed by atoms with van der Waals surface area (Å²) in [4.78, 5) is 20.8. The zero-order valence-electron chi connectivity index (χ0n) is 13.4. The molecule has 3 heterocycles. The van der Waals surface area contributed by atoms with E-state index < -0.39 is 0 Å². The van der Waals surface area contributed by atoms with Crippen molar-refractivity contribution in [1.29, 1.82) is 0 Å². The molecule has 0 spiro atoms. The maximum Gasteiger partial charge on any atom is 0.323 e. The fourth-order valence-electron chi connectivity index (χ4n) is 2.44. The average molecular weight is 335 g/mol. The van der Waals surface area contributed by atoms with E-state index in [4.69, 9.17) is 4.52 Å². The number of rotatable bonds is 4. The Balaban J connectivity index is 1.47. The maximum atomic E-state index is 12.3. The van der Waals surface area contributed by atoms with Crippen molar-refractivity contribution in [3.8, 4) is 0 Å². The van der Waals surface area contributed by atoms with Crippen molar-refractivity contribution in [3.63, 3.8) is 0 Å². The Labute approximate surface area is 139 Å². The Morgan fingerprint density at radius 3 is 2.78 bits per heavy atom. The highest BCUT2D eigenvalue weighted by molar-refractivity contribution is 7.13. The first-order valence-electron chi connectivity index (χ1n) is 7.75. The molecule has 1 N–H and O–H groups in total. The normalized spacial score (nSPS) is 16.0. The smallest absolute Gasteiger partial charge is 0.323 e. The summed E-state index contributed by atoms with van der Waals surface area (Å²) in [7, 11) is 0. The van der Waals surface area contributed by atoms with E-state index in [0.29, 0.717) is 24.1 Å². The van der Waals surface area contributed by atoms with E-state index in [-0.39, 0.29) is 6.03 Å². The highest BCUT2D eigenvalue weighted by atomic mass is 32.1. The SMILES string of the molecule is CC(C)c1csc(NC(=O)N2CCN(Cc3ccon3)CC2)n1. The number of amides is 2. The lowest BCUT2D eigenvalue weighted by atomic mass is 10.2. The second-order valence-corrected chi connectivity index (χ2v) is 6.77. The monoisotopic (exact) mass is 335 g/mol. The summed E-state index contributed by atoms with van der Waals surface area (Å²) in [5.74, 6) is 0.372. The van der Waals surface area contributed by atoms with Gasteiger partial charge in [-0.25, -0.2) is 9.78 Å². The predicted molar refractivity (Wildman–Crippen MR) is 88.6 cm³/mol. The molecule has 2 amide bonds. The molecule has 2 aromatic rings. The van der Waals surface area contributed by atoms with Gasteiger partial charge in [0.05, 0.1) is 11.4 Å². The van der Waals surface area contributed by atoms with Crippen LogP contribution in [0.2, 0.25) is 0 Å². The number of nitrogens with zero attached hydrogens (tertiary/aromatic N) is 4. The molecule has 2 aromatic heterocycles. The summed E-state index contributed by atoms with van der Waals surface area (Å²) in [6.45, 7) is 8.00. The average Bonchev–Trinajstić information content (AvgIpc) is 3.19. The van der Waals surface area contributed by atoms with Gasteiger partial charge in [0.15, 0.2) is 5.13 Å². The van der Waals surface area contributed by atoms with E-state index in [2.05, 4.69) is 34.2 Å². The standard InChI is InChI=1S/C15H21N5O2S/c1-11(2)13-10-23-14(16-13)17-15(21)20-6-4-19(5-7-20)9-12-3-8-22-18-12/h3,8,10-11H,4-7,9H2,1-2H3,(H,16,17,21). The quantitative estimate of drug-likeness (QED) is 0.929. The molecule has 1 fully saturated rings. The Hall–Kier alpha value is -1.93. The van der Waals surface area contributed by atoms with Crippen molar-refractivity contribution in [3.05, 3.63) is 29.1 Å². The minimum atomic E-state index is -0.0734. The lowest BCUT2D eigenvalue weighted by Gasteiger charge is -2.33.